The average Bonchev–Trinajstić information content (AvgIpc) is 3.21. The molecule has 1 aromatic rings. The van der Waals surface area contributed by atoms with Gasteiger partial charge < -0.3 is 29.2 Å². The van der Waals surface area contributed by atoms with Crippen molar-refractivity contribution in [1.82, 2.24) is 10.2 Å². The van der Waals surface area contributed by atoms with Gasteiger partial charge in [0.2, 0.25) is 0 Å². The normalized spacial score (nSPS) is 17.0. The van der Waals surface area contributed by atoms with Crippen molar-refractivity contribution in [3.8, 4) is 11.5 Å². The Hall–Kier alpha value is -1.99. The highest BCUT2D eigenvalue weighted by molar-refractivity contribution is 5.79. The van der Waals surface area contributed by atoms with Gasteiger partial charge in [0.1, 0.15) is 11.5 Å². The van der Waals surface area contributed by atoms with Crippen molar-refractivity contribution < 1.29 is 18.9 Å². The molecule has 0 radical (unpaired) electrons. The van der Waals surface area contributed by atoms with E-state index in [1.807, 2.05) is 25.2 Å². The van der Waals surface area contributed by atoms with E-state index < -0.39 is 0 Å². The maximum Gasteiger partial charge on any atom is 0.193 e. The van der Waals surface area contributed by atoms with E-state index in [-0.39, 0.29) is 6.10 Å². The van der Waals surface area contributed by atoms with Gasteiger partial charge in [-0.15, -0.1) is 0 Å². The Balaban J connectivity index is 1.72. The van der Waals surface area contributed by atoms with Gasteiger partial charge in [-0.3, -0.25) is 4.99 Å². The summed E-state index contributed by atoms with van der Waals surface area (Å²) in [6.07, 6.45) is 3.48. The number of guanidine groups is 1. The van der Waals surface area contributed by atoms with E-state index in [1.54, 1.807) is 21.3 Å². The lowest BCUT2D eigenvalue weighted by atomic mass is 10.2. The van der Waals surface area contributed by atoms with Crippen LogP contribution in [0.1, 0.15) is 24.8 Å². The Morgan fingerprint density at radius 3 is 2.85 bits per heavy atom. The van der Waals surface area contributed by atoms with Gasteiger partial charge in [0.25, 0.3) is 0 Å². The van der Waals surface area contributed by atoms with Crippen LogP contribution in [0.25, 0.3) is 0 Å². The van der Waals surface area contributed by atoms with E-state index in [4.69, 9.17) is 18.9 Å². The van der Waals surface area contributed by atoms with Crippen LogP contribution < -0.4 is 14.8 Å². The van der Waals surface area contributed by atoms with Gasteiger partial charge in [-0.2, -0.15) is 0 Å². The minimum absolute atomic E-state index is 0.288. The second-order valence-electron chi connectivity index (χ2n) is 6.57. The average molecular weight is 380 g/mol. The first-order chi connectivity index (χ1) is 13.2. The lowest BCUT2D eigenvalue weighted by Crippen LogP contribution is -2.39. The van der Waals surface area contributed by atoms with Crippen LogP contribution in [0.4, 0.5) is 0 Å². The predicted octanol–water partition coefficient (Wildman–Crippen LogP) is 2.30. The molecule has 7 heteroatoms. The summed E-state index contributed by atoms with van der Waals surface area (Å²) in [5.74, 6) is 2.43. The summed E-state index contributed by atoms with van der Waals surface area (Å²) in [5, 5.41) is 3.38. The Kier molecular flexibility index (Phi) is 9.21. The highest BCUT2D eigenvalue weighted by Crippen LogP contribution is 2.25. The molecule has 1 N–H and O–H groups in total. The minimum atomic E-state index is 0.288. The smallest absolute Gasteiger partial charge is 0.193 e. The van der Waals surface area contributed by atoms with Crippen molar-refractivity contribution in [2.24, 2.45) is 4.99 Å². The zero-order valence-corrected chi connectivity index (χ0v) is 17.0. The number of aliphatic imine (C=N–C) groups is 1. The van der Waals surface area contributed by atoms with Crippen LogP contribution in [0.3, 0.4) is 0 Å². The monoisotopic (exact) mass is 379 g/mol. The van der Waals surface area contributed by atoms with Gasteiger partial charge in [0.05, 0.1) is 26.9 Å². The molecule has 0 spiro atoms. The van der Waals surface area contributed by atoms with Gasteiger partial charge in [-0.1, -0.05) is 0 Å². The molecule has 0 amide bonds. The van der Waals surface area contributed by atoms with E-state index >= 15 is 0 Å². The quantitative estimate of drug-likeness (QED) is 0.382. The Morgan fingerprint density at radius 1 is 1.33 bits per heavy atom. The van der Waals surface area contributed by atoms with E-state index in [0.717, 1.165) is 62.0 Å². The highest BCUT2D eigenvalue weighted by Gasteiger charge is 2.15. The topological polar surface area (TPSA) is 64.6 Å². The second kappa shape index (κ2) is 11.7. The summed E-state index contributed by atoms with van der Waals surface area (Å²) in [6.45, 7) is 3.79. The zero-order valence-electron chi connectivity index (χ0n) is 17.0. The number of hydrogen-bond donors (Lipinski definition) is 1. The number of methoxy groups -OCH3 is 2. The molecular formula is C20H33N3O4. The minimum Gasteiger partial charge on any atom is -0.497 e. The molecular weight excluding hydrogens is 346 g/mol. The molecule has 1 aliphatic rings. The van der Waals surface area contributed by atoms with E-state index in [0.29, 0.717) is 13.2 Å². The standard InChI is InChI=1S/C20H33N3O4/c1-21-20(22-10-6-11-26-15-18-7-5-12-27-18)23(2)14-16-8-9-17(24-3)13-19(16)25-4/h8-9,13,18H,5-7,10-12,14-15H2,1-4H3,(H,21,22). The fraction of sp³-hybridized carbons (Fsp3) is 0.650. The number of ether oxygens (including phenoxy) is 4. The molecule has 0 aliphatic carbocycles. The molecule has 1 aliphatic heterocycles. The number of rotatable bonds is 10. The SMILES string of the molecule is CN=C(NCCCOCC1CCCO1)N(C)Cc1ccc(OC)cc1OC. The van der Waals surface area contributed by atoms with Crippen LogP contribution in [0.2, 0.25) is 0 Å². The number of nitrogens with zero attached hydrogens (tertiary/aromatic N) is 2. The Bertz CT molecular complexity index is 589. The summed E-state index contributed by atoms with van der Waals surface area (Å²) in [7, 11) is 7.11. The van der Waals surface area contributed by atoms with Gasteiger partial charge in [0.15, 0.2) is 5.96 Å². The lowest BCUT2D eigenvalue weighted by Gasteiger charge is -2.23. The van der Waals surface area contributed by atoms with Crippen molar-refractivity contribution in [3.63, 3.8) is 0 Å². The number of hydrogen-bond acceptors (Lipinski definition) is 5. The molecule has 1 fully saturated rings. The molecule has 7 nitrogen and oxygen atoms in total. The van der Waals surface area contributed by atoms with Gasteiger partial charge in [-0.05, 0) is 31.4 Å². The van der Waals surface area contributed by atoms with E-state index in [9.17, 15) is 0 Å². The van der Waals surface area contributed by atoms with E-state index in [2.05, 4.69) is 15.2 Å². The van der Waals surface area contributed by atoms with Crippen molar-refractivity contribution in [1.29, 1.82) is 0 Å². The third-order valence-corrected chi connectivity index (χ3v) is 4.55. The molecule has 152 valence electrons. The molecule has 0 aromatic heterocycles. The maximum absolute atomic E-state index is 5.69. The molecule has 2 rings (SSSR count). The van der Waals surface area contributed by atoms with Crippen LogP contribution in [0.5, 0.6) is 11.5 Å². The van der Waals surface area contributed by atoms with E-state index in [1.165, 1.54) is 0 Å². The van der Waals surface area contributed by atoms with Crippen LogP contribution in [0, 0.1) is 0 Å². The third kappa shape index (κ3) is 6.92. The Morgan fingerprint density at radius 2 is 2.19 bits per heavy atom. The van der Waals surface area contributed by atoms with Crippen LogP contribution in [0.15, 0.2) is 23.2 Å². The van der Waals surface area contributed by atoms with Crippen LogP contribution in [-0.4, -0.2) is 71.6 Å². The fourth-order valence-corrected chi connectivity index (χ4v) is 3.06. The fourth-order valence-electron chi connectivity index (χ4n) is 3.06. The maximum atomic E-state index is 5.69. The first kappa shape index (κ1) is 21.3. The summed E-state index contributed by atoms with van der Waals surface area (Å²) in [4.78, 5) is 6.43. The first-order valence-electron chi connectivity index (χ1n) is 9.50. The second-order valence-corrected chi connectivity index (χ2v) is 6.57. The molecule has 1 saturated heterocycles. The number of benzene rings is 1. The molecule has 0 saturated carbocycles. The van der Waals surface area contributed by atoms with Gasteiger partial charge in [-0.25, -0.2) is 0 Å². The largest absolute Gasteiger partial charge is 0.497 e. The van der Waals surface area contributed by atoms with Gasteiger partial charge >= 0.3 is 0 Å². The van der Waals surface area contributed by atoms with Crippen LogP contribution in [-0.2, 0) is 16.0 Å². The highest BCUT2D eigenvalue weighted by atomic mass is 16.5. The predicted molar refractivity (Wildman–Crippen MR) is 107 cm³/mol. The molecule has 1 atom stereocenters. The molecule has 1 heterocycles. The zero-order chi connectivity index (χ0) is 19.5. The summed E-state index contributed by atoms with van der Waals surface area (Å²) in [6, 6.07) is 5.85. The summed E-state index contributed by atoms with van der Waals surface area (Å²) in [5.41, 5.74) is 1.07. The van der Waals surface area contributed by atoms with Crippen molar-refractivity contribution in [3.05, 3.63) is 23.8 Å². The van der Waals surface area contributed by atoms with Crippen molar-refractivity contribution >= 4 is 5.96 Å². The lowest BCUT2D eigenvalue weighted by molar-refractivity contribution is 0.0168. The first-order valence-corrected chi connectivity index (χ1v) is 9.50. The van der Waals surface area contributed by atoms with Crippen LogP contribution >= 0.6 is 0 Å². The number of nitrogens with one attached hydrogen (secondary N) is 1. The summed E-state index contributed by atoms with van der Waals surface area (Å²) >= 11 is 0. The third-order valence-electron chi connectivity index (χ3n) is 4.55. The summed E-state index contributed by atoms with van der Waals surface area (Å²) < 4.78 is 22.0. The molecule has 0 bridgehead atoms. The molecule has 1 unspecified atom stereocenters. The van der Waals surface area contributed by atoms with Crippen molar-refractivity contribution in [2.75, 3.05) is 54.7 Å². The Labute approximate surface area is 162 Å². The molecule has 1 aromatic carbocycles. The van der Waals surface area contributed by atoms with Gasteiger partial charge in [0, 0.05) is 52.0 Å². The van der Waals surface area contributed by atoms with Crippen molar-refractivity contribution in [2.45, 2.75) is 31.9 Å². The molecule has 27 heavy (non-hydrogen) atoms.